The quantitative estimate of drug-likeness (QED) is 0.510. The van der Waals surface area contributed by atoms with E-state index in [1.165, 1.54) is 32.1 Å². The average molecular weight is 168 g/mol. The van der Waals surface area contributed by atoms with Gasteiger partial charge in [0.25, 0.3) is 0 Å². The van der Waals surface area contributed by atoms with Crippen LogP contribution in [-0.2, 0) is 0 Å². The van der Waals surface area contributed by atoms with Gasteiger partial charge in [0.2, 0.25) is 0 Å². The Morgan fingerprint density at radius 1 is 1.17 bits per heavy atom. The maximum absolute atomic E-state index is 2.48. The zero-order chi connectivity index (χ0) is 9.40. The first-order valence-corrected chi connectivity index (χ1v) is 5.41. The van der Waals surface area contributed by atoms with Gasteiger partial charge in [0, 0.05) is 0 Å². The minimum absolute atomic E-state index is 0.835. The van der Waals surface area contributed by atoms with Gasteiger partial charge in [-0.05, 0) is 32.1 Å². The van der Waals surface area contributed by atoms with E-state index >= 15 is 0 Å². The highest BCUT2D eigenvalue weighted by molar-refractivity contribution is 5.00. The van der Waals surface area contributed by atoms with Crippen LogP contribution in [0.25, 0.3) is 0 Å². The van der Waals surface area contributed by atoms with E-state index in [0.29, 0.717) is 0 Å². The minimum Gasteiger partial charge on any atom is -0.0825 e. The van der Waals surface area contributed by atoms with Gasteiger partial charge in [-0.25, -0.2) is 0 Å². The summed E-state index contributed by atoms with van der Waals surface area (Å²) in [7, 11) is 0. The molecule has 0 N–H and O–H groups in total. The molecular weight excluding hydrogens is 144 g/mol. The minimum atomic E-state index is 0.835. The van der Waals surface area contributed by atoms with Crippen LogP contribution in [0, 0.1) is 5.92 Å². The molecule has 0 spiro atoms. The van der Waals surface area contributed by atoms with Crippen LogP contribution in [0.2, 0.25) is 0 Å². The van der Waals surface area contributed by atoms with Gasteiger partial charge in [0.05, 0.1) is 0 Å². The maximum Gasteiger partial charge on any atom is -0.0234 e. The van der Waals surface area contributed by atoms with Crippen molar-refractivity contribution in [2.75, 3.05) is 0 Å². The van der Waals surface area contributed by atoms with Gasteiger partial charge in [-0.15, -0.1) is 0 Å². The van der Waals surface area contributed by atoms with Crippen molar-refractivity contribution < 1.29 is 0 Å². The van der Waals surface area contributed by atoms with Crippen LogP contribution in [-0.4, -0.2) is 0 Å². The third kappa shape index (κ3) is 5.40. The predicted octanol–water partition coefficient (Wildman–Crippen LogP) is 4.56. The molecule has 0 aliphatic rings. The molecule has 0 bridgehead atoms. The van der Waals surface area contributed by atoms with E-state index in [9.17, 15) is 0 Å². The first-order chi connectivity index (χ1) is 5.74. The SMILES string of the molecule is CCC/C(C)=C/C(CC)CCC. The Morgan fingerprint density at radius 2 is 1.83 bits per heavy atom. The fraction of sp³-hybridized carbons (Fsp3) is 0.833. The van der Waals surface area contributed by atoms with Crippen LogP contribution in [0.1, 0.15) is 59.8 Å². The number of hydrogen-bond acceptors (Lipinski definition) is 0. The first-order valence-electron chi connectivity index (χ1n) is 5.41. The summed E-state index contributed by atoms with van der Waals surface area (Å²) in [4.78, 5) is 0. The molecule has 1 atom stereocenters. The van der Waals surface area contributed by atoms with Gasteiger partial charge >= 0.3 is 0 Å². The van der Waals surface area contributed by atoms with Crippen LogP contribution < -0.4 is 0 Å². The fourth-order valence-electron chi connectivity index (χ4n) is 1.66. The molecule has 12 heavy (non-hydrogen) atoms. The second kappa shape index (κ2) is 7.39. The lowest BCUT2D eigenvalue weighted by molar-refractivity contribution is 0.558. The Labute approximate surface area is 78.1 Å². The molecule has 0 aliphatic heterocycles. The van der Waals surface area contributed by atoms with Gasteiger partial charge < -0.3 is 0 Å². The molecule has 1 unspecified atom stereocenters. The molecule has 0 saturated carbocycles. The molecule has 0 radical (unpaired) electrons. The molecule has 0 aliphatic carbocycles. The smallest absolute Gasteiger partial charge is 0.0234 e. The molecule has 0 amide bonds. The molecule has 0 nitrogen and oxygen atoms in total. The molecule has 0 aromatic carbocycles. The van der Waals surface area contributed by atoms with E-state index in [0.717, 1.165) is 5.92 Å². The van der Waals surface area contributed by atoms with E-state index in [1.54, 1.807) is 5.57 Å². The van der Waals surface area contributed by atoms with E-state index in [1.807, 2.05) is 0 Å². The Bertz CT molecular complexity index is 122. The molecule has 0 saturated heterocycles. The van der Waals surface area contributed by atoms with Crippen molar-refractivity contribution in [2.24, 2.45) is 5.92 Å². The van der Waals surface area contributed by atoms with E-state index in [2.05, 4.69) is 33.8 Å². The Morgan fingerprint density at radius 3 is 2.25 bits per heavy atom. The second-order valence-electron chi connectivity index (χ2n) is 3.72. The summed E-state index contributed by atoms with van der Waals surface area (Å²) in [5.74, 6) is 0.835. The van der Waals surface area contributed by atoms with Crippen molar-refractivity contribution in [1.29, 1.82) is 0 Å². The molecule has 0 heteroatoms. The van der Waals surface area contributed by atoms with Crippen LogP contribution in [0.4, 0.5) is 0 Å². The standard InChI is InChI=1S/C12H24/c1-5-8-11(4)10-12(7-3)9-6-2/h10,12H,5-9H2,1-4H3/b11-10+. The zero-order valence-corrected chi connectivity index (χ0v) is 9.19. The van der Waals surface area contributed by atoms with Gasteiger partial charge in [0.1, 0.15) is 0 Å². The molecular formula is C12H24. The first kappa shape index (κ1) is 11.7. The van der Waals surface area contributed by atoms with Crippen molar-refractivity contribution in [3.63, 3.8) is 0 Å². The summed E-state index contributed by atoms with van der Waals surface area (Å²) in [6.07, 6.45) is 9.01. The maximum atomic E-state index is 2.48. The second-order valence-corrected chi connectivity index (χ2v) is 3.72. The summed E-state index contributed by atoms with van der Waals surface area (Å²) in [5, 5.41) is 0. The Hall–Kier alpha value is -0.260. The third-order valence-corrected chi connectivity index (χ3v) is 2.35. The highest BCUT2D eigenvalue weighted by atomic mass is 14.1. The van der Waals surface area contributed by atoms with Crippen molar-refractivity contribution in [2.45, 2.75) is 59.8 Å². The molecule has 72 valence electrons. The largest absolute Gasteiger partial charge is 0.0825 e. The summed E-state index contributed by atoms with van der Waals surface area (Å²) < 4.78 is 0. The van der Waals surface area contributed by atoms with Crippen molar-refractivity contribution in [1.82, 2.24) is 0 Å². The topological polar surface area (TPSA) is 0 Å². The van der Waals surface area contributed by atoms with Gasteiger partial charge in [-0.1, -0.05) is 45.3 Å². The van der Waals surface area contributed by atoms with Crippen molar-refractivity contribution in [3.8, 4) is 0 Å². The Balaban J connectivity index is 3.87. The lowest BCUT2D eigenvalue weighted by Gasteiger charge is -2.09. The zero-order valence-electron chi connectivity index (χ0n) is 9.19. The molecule has 0 fully saturated rings. The molecule has 0 aromatic rings. The molecule has 0 aromatic heterocycles. The fourth-order valence-corrected chi connectivity index (χ4v) is 1.66. The lowest BCUT2D eigenvalue weighted by atomic mass is 9.97. The van der Waals surface area contributed by atoms with E-state index < -0.39 is 0 Å². The van der Waals surface area contributed by atoms with Crippen LogP contribution in [0.5, 0.6) is 0 Å². The molecule has 0 heterocycles. The number of allylic oxidation sites excluding steroid dienone is 2. The van der Waals surface area contributed by atoms with Gasteiger partial charge in [-0.2, -0.15) is 0 Å². The summed E-state index contributed by atoms with van der Waals surface area (Å²) in [6.45, 7) is 9.07. The number of rotatable bonds is 6. The van der Waals surface area contributed by atoms with E-state index in [4.69, 9.17) is 0 Å². The van der Waals surface area contributed by atoms with Crippen molar-refractivity contribution in [3.05, 3.63) is 11.6 Å². The summed E-state index contributed by atoms with van der Waals surface area (Å²) in [6, 6.07) is 0. The monoisotopic (exact) mass is 168 g/mol. The lowest BCUT2D eigenvalue weighted by Crippen LogP contribution is -1.94. The third-order valence-electron chi connectivity index (χ3n) is 2.35. The molecule has 0 rings (SSSR count). The van der Waals surface area contributed by atoms with Gasteiger partial charge in [-0.3, -0.25) is 0 Å². The highest BCUT2D eigenvalue weighted by Gasteiger charge is 2.00. The van der Waals surface area contributed by atoms with Gasteiger partial charge in [0.15, 0.2) is 0 Å². The van der Waals surface area contributed by atoms with Crippen LogP contribution in [0.3, 0.4) is 0 Å². The summed E-state index contributed by atoms with van der Waals surface area (Å²) >= 11 is 0. The highest BCUT2D eigenvalue weighted by Crippen LogP contribution is 2.16. The van der Waals surface area contributed by atoms with Crippen LogP contribution >= 0.6 is 0 Å². The average Bonchev–Trinajstić information content (AvgIpc) is 2.04. The van der Waals surface area contributed by atoms with E-state index in [-0.39, 0.29) is 0 Å². The normalized spacial score (nSPS) is 14.8. The number of hydrogen-bond donors (Lipinski definition) is 0. The predicted molar refractivity (Wildman–Crippen MR) is 57.4 cm³/mol. The summed E-state index contributed by atoms with van der Waals surface area (Å²) in [5.41, 5.74) is 1.58. The van der Waals surface area contributed by atoms with Crippen molar-refractivity contribution >= 4 is 0 Å². The Kier molecular flexibility index (Phi) is 7.23. The van der Waals surface area contributed by atoms with Crippen LogP contribution in [0.15, 0.2) is 11.6 Å².